The molecule has 1 fully saturated rings. The molecule has 8 heteroatoms. The second kappa shape index (κ2) is 6.83. The summed E-state index contributed by atoms with van der Waals surface area (Å²) in [6.45, 7) is -0.138. The molecule has 106 valence electrons. The van der Waals surface area contributed by atoms with Crippen molar-refractivity contribution in [3.05, 3.63) is 0 Å². The van der Waals surface area contributed by atoms with Gasteiger partial charge in [-0.05, 0) is 0 Å². The molecule has 2 N–H and O–H groups in total. The average molecular weight is 272 g/mol. The molecule has 0 radical (unpaired) electrons. The molecule has 8 nitrogen and oxygen atoms in total. The molecular formula is C11H16N2O6. The van der Waals surface area contributed by atoms with Crippen LogP contribution in [0.4, 0.5) is 0 Å². The zero-order valence-corrected chi connectivity index (χ0v) is 10.5. The van der Waals surface area contributed by atoms with Gasteiger partial charge in [-0.15, -0.1) is 0 Å². The Morgan fingerprint density at radius 3 is 2.42 bits per heavy atom. The van der Waals surface area contributed by atoms with Gasteiger partial charge < -0.3 is 15.2 Å². The van der Waals surface area contributed by atoms with E-state index in [1.165, 1.54) is 7.11 Å². The van der Waals surface area contributed by atoms with Gasteiger partial charge in [0.25, 0.3) is 0 Å². The largest absolute Gasteiger partial charge is 0.479 e. The minimum absolute atomic E-state index is 0.0220. The quantitative estimate of drug-likeness (QED) is 0.559. The summed E-state index contributed by atoms with van der Waals surface area (Å²) in [5.41, 5.74) is 0. The van der Waals surface area contributed by atoms with Crippen LogP contribution in [0.1, 0.15) is 19.3 Å². The highest BCUT2D eigenvalue weighted by atomic mass is 16.5. The molecule has 1 unspecified atom stereocenters. The zero-order chi connectivity index (χ0) is 14.4. The summed E-state index contributed by atoms with van der Waals surface area (Å²) in [5.74, 6) is -2.17. The Bertz CT molecular complexity index is 379. The van der Waals surface area contributed by atoms with Crippen molar-refractivity contribution in [2.45, 2.75) is 25.4 Å². The van der Waals surface area contributed by atoms with Crippen molar-refractivity contribution < 1.29 is 29.0 Å². The van der Waals surface area contributed by atoms with Gasteiger partial charge in [0.1, 0.15) is 0 Å². The normalized spacial score (nSPS) is 16.6. The van der Waals surface area contributed by atoms with Crippen LogP contribution in [0.3, 0.4) is 0 Å². The van der Waals surface area contributed by atoms with Crippen molar-refractivity contribution >= 4 is 23.7 Å². The van der Waals surface area contributed by atoms with E-state index in [1.807, 2.05) is 0 Å². The maximum absolute atomic E-state index is 11.4. The van der Waals surface area contributed by atoms with Gasteiger partial charge in [-0.1, -0.05) is 0 Å². The molecule has 0 aliphatic carbocycles. The van der Waals surface area contributed by atoms with E-state index < -0.39 is 18.0 Å². The van der Waals surface area contributed by atoms with E-state index in [2.05, 4.69) is 10.1 Å². The first kappa shape index (κ1) is 15.1. The third kappa shape index (κ3) is 4.32. The second-order valence-electron chi connectivity index (χ2n) is 4.06. The van der Waals surface area contributed by atoms with Crippen LogP contribution in [-0.4, -0.2) is 60.0 Å². The number of ether oxygens (including phenoxy) is 1. The van der Waals surface area contributed by atoms with E-state index in [9.17, 15) is 19.2 Å². The van der Waals surface area contributed by atoms with E-state index in [4.69, 9.17) is 5.11 Å². The molecule has 1 aliphatic rings. The van der Waals surface area contributed by atoms with Gasteiger partial charge in [0.15, 0.2) is 6.10 Å². The number of methoxy groups -OCH3 is 1. The highest BCUT2D eigenvalue weighted by Gasteiger charge is 2.28. The van der Waals surface area contributed by atoms with E-state index in [0.29, 0.717) is 0 Å². The second-order valence-corrected chi connectivity index (χ2v) is 4.06. The number of nitrogens with one attached hydrogen (secondary N) is 1. The van der Waals surface area contributed by atoms with Gasteiger partial charge in [-0.25, -0.2) is 4.79 Å². The Morgan fingerprint density at radius 2 is 1.95 bits per heavy atom. The topological polar surface area (TPSA) is 113 Å². The maximum atomic E-state index is 11.4. The average Bonchev–Trinajstić information content (AvgIpc) is 2.67. The van der Waals surface area contributed by atoms with Crippen LogP contribution >= 0.6 is 0 Å². The van der Waals surface area contributed by atoms with Crippen LogP contribution in [0.15, 0.2) is 0 Å². The molecule has 0 aromatic carbocycles. The smallest absolute Gasteiger partial charge is 0.334 e. The zero-order valence-electron chi connectivity index (χ0n) is 10.5. The Morgan fingerprint density at radius 1 is 1.37 bits per heavy atom. The van der Waals surface area contributed by atoms with Gasteiger partial charge >= 0.3 is 5.97 Å². The van der Waals surface area contributed by atoms with Crippen molar-refractivity contribution in [3.63, 3.8) is 0 Å². The fraction of sp³-hybridized carbons (Fsp3) is 0.636. The molecule has 3 amide bonds. The van der Waals surface area contributed by atoms with Crippen molar-refractivity contribution in [2.24, 2.45) is 0 Å². The number of amides is 3. The highest BCUT2D eigenvalue weighted by Crippen LogP contribution is 2.11. The number of carbonyl (C=O) groups is 4. The van der Waals surface area contributed by atoms with Gasteiger partial charge in [-0.3, -0.25) is 19.3 Å². The van der Waals surface area contributed by atoms with Crippen LogP contribution in [0, 0.1) is 0 Å². The first-order valence-corrected chi connectivity index (χ1v) is 5.81. The minimum atomic E-state index is -1.17. The minimum Gasteiger partial charge on any atom is -0.479 e. The Balaban J connectivity index is 2.30. The number of hydrogen-bond acceptors (Lipinski definition) is 5. The standard InChI is InChI=1S/C11H16N2O6/c1-19-7(11(17)18)6-12-8(14)4-5-13-9(15)2-3-10(13)16/h7H,2-6H2,1H3,(H,12,14)(H,17,18). The van der Waals surface area contributed by atoms with Crippen LogP contribution < -0.4 is 5.32 Å². The molecule has 1 rings (SSSR count). The Kier molecular flexibility index (Phi) is 5.43. The molecule has 19 heavy (non-hydrogen) atoms. The van der Waals surface area contributed by atoms with E-state index >= 15 is 0 Å². The summed E-state index contributed by atoms with van der Waals surface area (Å²) in [5, 5.41) is 11.1. The summed E-state index contributed by atoms with van der Waals surface area (Å²) in [6.07, 6.45) is -0.789. The van der Waals surface area contributed by atoms with Crippen molar-refractivity contribution in [1.29, 1.82) is 0 Å². The van der Waals surface area contributed by atoms with Crippen LogP contribution in [-0.2, 0) is 23.9 Å². The van der Waals surface area contributed by atoms with E-state index in [-0.39, 0.29) is 44.2 Å². The van der Waals surface area contributed by atoms with Crippen molar-refractivity contribution in [2.75, 3.05) is 20.2 Å². The van der Waals surface area contributed by atoms with Gasteiger partial charge in [0, 0.05) is 32.9 Å². The maximum Gasteiger partial charge on any atom is 0.334 e. The fourth-order valence-corrected chi connectivity index (χ4v) is 1.65. The highest BCUT2D eigenvalue weighted by molar-refractivity contribution is 6.02. The summed E-state index contributed by atoms with van der Waals surface area (Å²) >= 11 is 0. The molecule has 0 bridgehead atoms. The molecule has 1 heterocycles. The van der Waals surface area contributed by atoms with Crippen LogP contribution in [0.2, 0.25) is 0 Å². The third-order valence-corrected chi connectivity index (χ3v) is 2.76. The van der Waals surface area contributed by atoms with Crippen LogP contribution in [0.5, 0.6) is 0 Å². The summed E-state index contributed by atoms with van der Waals surface area (Å²) in [7, 11) is 1.23. The van der Waals surface area contributed by atoms with Gasteiger partial charge in [-0.2, -0.15) is 0 Å². The van der Waals surface area contributed by atoms with Crippen molar-refractivity contribution in [1.82, 2.24) is 10.2 Å². The number of carbonyl (C=O) groups excluding carboxylic acids is 3. The molecule has 0 aromatic heterocycles. The van der Waals surface area contributed by atoms with E-state index in [1.54, 1.807) is 0 Å². The first-order chi connectivity index (χ1) is 8.95. The molecule has 1 saturated heterocycles. The summed E-state index contributed by atoms with van der Waals surface area (Å²) < 4.78 is 4.64. The number of aliphatic carboxylic acids is 1. The number of nitrogens with zero attached hydrogens (tertiary/aromatic N) is 1. The SMILES string of the molecule is COC(CNC(=O)CCN1C(=O)CCC1=O)C(=O)O. The number of carboxylic acid groups (broad SMARTS) is 1. The first-order valence-electron chi connectivity index (χ1n) is 5.81. The molecule has 1 aliphatic heterocycles. The number of likely N-dealkylation sites (tertiary alicyclic amines) is 1. The van der Waals surface area contributed by atoms with E-state index in [0.717, 1.165) is 4.90 Å². The lowest BCUT2D eigenvalue weighted by molar-refractivity contribution is -0.148. The van der Waals surface area contributed by atoms with Gasteiger partial charge in [0.05, 0.1) is 6.54 Å². The lowest BCUT2D eigenvalue weighted by Gasteiger charge is -2.14. The summed E-state index contributed by atoms with van der Waals surface area (Å²) in [4.78, 5) is 45.7. The van der Waals surface area contributed by atoms with Crippen molar-refractivity contribution in [3.8, 4) is 0 Å². The Hall–Kier alpha value is -1.96. The van der Waals surface area contributed by atoms with Crippen LogP contribution in [0.25, 0.3) is 0 Å². The molecule has 0 aromatic rings. The Labute approximate surface area is 109 Å². The number of carboxylic acids is 1. The molecular weight excluding hydrogens is 256 g/mol. The number of rotatable bonds is 7. The summed E-state index contributed by atoms with van der Waals surface area (Å²) in [6, 6.07) is 0. The number of imide groups is 1. The lowest BCUT2D eigenvalue weighted by atomic mass is 10.3. The monoisotopic (exact) mass is 272 g/mol. The lowest BCUT2D eigenvalue weighted by Crippen LogP contribution is -2.39. The molecule has 0 saturated carbocycles. The van der Waals surface area contributed by atoms with Gasteiger partial charge in [0.2, 0.25) is 17.7 Å². The predicted octanol–water partition coefficient (Wildman–Crippen LogP) is -1.26. The number of hydrogen-bond donors (Lipinski definition) is 2. The third-order valence-electron chi connectivity index (χ3n) is 2.76. The molecule has 1 atom stereocenters. The molecule has 0 spiro atoms. The predicted molar refractivity (Wildman–Crippen MR) is 62.0 cm³/mol. The fourth-order valence-electron chi connectivity index (χ4n) is 1.65.